The number of nitrogens with one attached hydrogen (secondary N) is 1. The molecule has 1 aromatic carbocycles. The number of alkyl halides is 3. The molecule has 0 unspecified atom stereocenters. The van der Waals surface area contributed by atoms with Crippen molar-refractivity contribution >= 4 is 11.4 Å². The number of anilines is 2. The maximum Gasteiger partial charge on any atom is 0.416 e. The molecule has 5 heteroatoms. The fourth-order valence-electron chi connectivity index (χ4n) is 1.36. The maximum atomic E-state index is 12.4. The van der Waals surface area contributed by atoms with Crippen LogP contribution in [-0.2, 0) is 6.18 Å². The van der Waals surface area contributed by atoms with Gasteiger partial charge in [0.2, 0.25) is 0 Å². The third-order valence-electron chi connectivity index (χ3n) is 2.24. The van der Waals surface area contributed by atoms with Gasteiger partial charge in [-0.3, -0.25) is 0 Å². The molecule has 94 valence electrons. The third kappa shape index (κ3) is 4.01. The highest BCUT2D eigenvalue weighted by atomic mass is 19.4. The molecule has 0 saturated heterocycles. The van der Waals surface area contributed by atoms with Crippen LogP contribution in [0.5, 0.6) is 0 Å². The van der Waals surface area contributed by atoms with Gasteiger partial charge in [-0.1, -0.05) is 12.2 Å². The lowest BCUT2D eigenvalue weighted by atomic mass is 10.1. The number of rotatable bonds is 4. The predicted molar refractivity (Wildman–Crippen MR) is 63.8 cm³/mol. The lowest BCUT2D eigenvalue weighted by Crippen LogP contribution is -2.08. The summed E-state index contributed by atoms with van der Waals surface area (Å²) in [5, 5.41) is 2.98. The first-order valence-corrected chi connectivity index (χ1v) is 5.27. The number of hydrogen-bond acceptors (Lipinski definition) is 2. The van der Waals surface area contributed by atoms with Gasteiger partial charge in [-0.2, -0.15) is 13.2 Å². The van der Waals surface area contributed by atoms with Gasteiger partial charge in [-0.05, 0) is 31.5 Å². The van der Waals surface area contributed by atoms with Crippen LogP contribution in [0.2, 0.25) is 0 Å². The fourth-order valence-corrected chi connectivity index (χ4v) is 1.36. The first kappa shape index (κ1) is 13.4. The zero-order valence-electron chi connectivity index (χ0n) is 9.51. The highest BCUT2D eigenvalue weighted by Gasteiger charge is 2.30. The molecule has 0 spiro atoms. The Morgan fingerprint density at radius 1 is 1.35 bits per heavy atom. The third-order valence-corrected chi connectivity index (χ3v) is 2.24. The lowest BCUT2D eigenvalue weighted by molar-refractivity contribution is -0.137. The second kappa shape index (κ2) is 5.61. The molecule has 0 aliphatic heterocycles. The summed E-state index contributed by atoms with van der Waals surface area (Å²) in [6.07, 6.45) is 0.333. The van der Waals surface area contributed by atoms with Crippen molar-refractivity contribution in [3.63, 3.8) is 0 Å². The summed E-state index contributed by atoms with van der Waals surface area (Å²) >= 11 is 0. The van der Waals surface area contributed by atoms with Crippen LogP contribution in [0.15, 0.2) is 30.4 Å². The van der Waals surface area contributed by atoms with Crippen molar-refractivity contribution in [2.45, 2.75) is 19.5 Å². The van der Waals surface area contributed by atoms with Gasteiger partial charge >= 0.3 is 6.18 Å². The van der Waals surface area contributed by atoms with Crippen LogP contribution in [0.1, 0.15) is 18.9 Å². The number of allylic oxidation sites excluding steroid dienone is 1. The first-order chi connectivity index (χ1) is 7.95. The van der Waals surface area contributed by atoms with E-state index in [1.165, 1.54) is 6.07 Å². The van der Waals surface area contributed by atoms with Crippen LogP contribution in [-0.4, -0.2) is 6.54 Å². The largest absolute Gasteiger partial charge is 0.416 e. The molecule has 0 saturated carbocycles. The Bertz CT molecular complexity index is 397. The van der Waals surface area contributed by atoms with Crippen LogP contribution in [0, 0.1) is 0 Å². The van der Waals surface area contributed by atoms with E-state index in [0.29, 0.717) is 12.2 Å². The Kier molecular flexibility index (Phi) is 4.43. The Morgan fingerprint density at radius 2 is 2.06 bits per heavy atom. The Balaban J connectivity index is 2.70. The molecular weight excluding hydrogens is 229 g/mol. The van der Waals surface area contributed by atoms with Crippen molar-refractivity contribution < 1.29 is 13.2 Å². The molecule has 0 bridgehead atoms. The minimum Gasteiger partial charge on any atom is -0.397 e. The molecule has 2 nitrogen and oxygen atoms in total. The van der Waals surface area contributed by atoms with Crippen LogP contribution >= 0.6 is 0 Å². The number of halogens is 3. The Hall–Kier alpha value is -1.65. The van der Waals surface area contributed by atoms with Gasteiger partial charge in [0.25, 0.3) is 0 Å². The van der Waals surface area contributed by atoms with E-state index < -0.39 is 11.7 Å². The molecule has 1 rings (SSSR count). The molecule has 0 radical (unpaired) electrons. The van der Waals surface area contributed by atoms with Crippen LogP contribution < -0.4 is 11.1 Å². The number of hydrogen-bond donors (Lipinski definition) is 2. The van der Waals surface area contributed by atoms with Crippen molar-refractivity contribution in [2.24, 2.45) is 0 Å². The zero-order chi connectivity index (χ0) is 12.9. The van der Waals surface area contributed by atoms with Crippen molar-refractivity contribution in [1.82, 2.24) is 0 Å². The minimum absolute atomic E-state index is 0.111. The zero-order valence-corrected chi connectivity index (χ0v) is 9.51. The van der Waals surface area contributed by atoms with Crippen LogP contribution in [0.25, 0.3) is 0 Å². The molecule has 0 atom stereocenters. The molecule has 0 amide bonds. The minimum atomic E-state index is -4.35. The van der Waals surface area contributed by atoms with Crippen molar-refractivity contribution in [3.8, 4) is 0 Å². The van der Waals surface area contributed by atoms with E-state index in [4.69, 9.17) is 5.73 Å². The summed E-state index contributed by atoms with van der Waals surface area (Å²) in [6, 6.07) is 3.32. The van der Waals surface area contributed by atoms with E-state index in [-0.39, 0.29) is 5.69 Å². The average molecular weight is 244 g/mol. The first-order valence-electron chi connectivity index (χ1n) is 5.27. The lowest BCUT2D eigenvalue weighted by Gasteiger charge is -2.12. The second-order valence-corrected chi connectivity index (χ2v) is 3.58. The highest BCUT2D eigenvalue weighted by Crippen LogP contribution is 2.32. The van der Waals surface area contributed by atoms with Crippen molar-refractivity contribution in [1.29, 1.82) is 0 Å². The summed E-state index contributed by atoms with van der Waals surface area (Å²) in [5.74, 6) is 0. The summed E-state index contributed by atoms with van der Waals surface area (Å²) in [7, 11) is 0. The average Bonchev–Trinajstić information content (AvgIpc) is 2.24. The van der Waals surface area contributed by atoms with Gasteiger partial charge in [0.15, 0.2) is 0 Å². The Labute approximate surface area is 98.3 Å². The fraction of sp³-hybridized carbons (Fsp3) is 0.333. The SMILES string of the molecule is C/C=C/CCNc1ccc(C(F)(F)F)cc1N. The summed E-state index contributed by atoms with van der Waals surface area (Å²) in [5.41, 5.74) is 5.47. The number of nitrogen functional groups attached to an aromatic ring is 1. The highest BCUT2D eigenvalue weighted by molar-refractivity contribution is 5.67. The Morgan fingerprint density at radius 3 is 2.59 bits per heavy atom. The molecule has 0 aliphatic carbocycles. The van der Waals surface area contributed by atoms with E-state index in [0.717, 1.165) is 18.6 Å². The number of nitrogens with two attached hydrogens (primary N) is 1. The molecule has 0 fully saturated rings. The molecular formula is C12H15F3N2. The topological polar surface area (TPSA) is 38.0 Å². The van der Waals surface area contributed by atoms with E-state index in [9.17, 15) is 13.2 Å². The molecule has 0 heterocycles. The normalized spacial score (nSPS) is 12.0. The maximum absolute atomic E-state index is 12.4. The van der Waals surface area contributed by atoms with Gasteiger partial charge in [-0.25, -0.2) is 0 Å². The molecule has 0 aromatic heterocycles. The smallest absolute Gasteiger partial charge is 0.397 e. The summed E-state index contributed by atoms with van der Waals surface area (Å²) in [4.78, 5) is 0. The van der Waals surface area contributed by atoms with E-state index in [1.807, 2.05) is 19.1 Å². The van der Waals surface area contributed by atoms with Crippen molar-refractivity contribution in [3.05, 3.63) is 35.9 Å². The summed E-state index contributed by atoms with van der Waals surface area (Å²) in [6.45, 7) is 2.55. The predicted octanol–water partition coefficient (Wildman–Crippen LogP) is 3.67. The van der Waals surface area contributed by atoms with Crippen LogP contribution in [0.4, 0.5) is 24.5 Å². The number of benzene rings is 1. The van der Waals surface area contributed by atoms with Gasteiger partial charge < -0.3 is 11.1 Å². The van der Waals surface area contributed by atoms with E-state index in [2.05, 4.69) is 5.32 Å². The molecule has 0 aliphatic rings. The van der Waals surface area contributed by atoms with E-state index >= 15 is 0 Å². The monoisotopic (exact) mass is 244 g/mol. The van der Waals surface area contributed by atoms with Crippen molar-refractivity contribution in [2.75, 3.05) is 17.6 Å². The molecule has 1 aromatic rings. The molecule has 3 N–H and O–H groups in total. The van der Waals surface area contributed by atoms with Gasteiger partial charge in [0, 0.05) is 6.54 Å². The van der Waals surface area contributed by atoms with E-state index in [1.54, 1.807) is 0 Å². The van der Waals surface area contributed by atoms with Gasteiger partial charge in [0.05, 0.1) is 16.9 Å². The molecule has 17 heavy (non-hydrogen) atoms. The van der Waals surface area contributed by atoms with Crippen LogP contribution in [0.3, 0.4) is 0 Å². The standard InChI is InChI=1S/C12H15F3N2/c1-2-3-4-7-17-11-6-5-9(8-10(11)16)12(13,14)15/h2-3,5-6,8,17H,4,7,16H2,1H3/b3-2+. The summed E-state index contributed by atoms with van der Waals surface area (Å²) < 4.78 is 37.1. The second-order valence-electron chi connectivity index (χ2n) is 3.58. The van der Waals surface area contributed by atoms with Gasteiger partial charge in [-0.15, -0.1) is 0 Å². The quantitative estimate of drug-likeness (QED) is 0.482. The van der Waals surface area contributed by atoms with Gasteiger partial charge in [0.1, 0.15) is 0 Å².